The summed E-state index contributed by atoms with van der Waals surface area (Å²) in [4.78, 5) is 6.39. The number of piperazine rings is 1. The van der Waals surface area contributed by atoms with Gasteiger partial charge in [-0.3, -0.25) is 4.90 Å². The number of rotatable bonds is 5. The molecule has 0 aromatic carbocycles. The van der Waals surface area contributed by atoms with Crippen molar-refractivity contribution in [3.63, 3.8) is 0 Å². The second-order valence-corrected chi connectivity index (χ2v) is 8.82. The van der Waals surface area contributed by atoms with Gasteiger partial charge in [-0.1, -0.05) is 0 Å². The third-order valence-corrected chi connectivity index (χ3v) is 7.01. The highest BCUT2D eigenvalue weighted by molar-refractivity contribution is 7.89. The molecular formula is C14H19F2N5O2S2. The Balaban J connectivity index is 1.67. The molecule has 138 valence electrons. The number of alkyl halides is 2. The van der Waals surface area contributed by atoms with E-state index in [1.165, 1.54) is 11.2 Å². The Labute approximate surface area is 148 Å². The average Bonchev–Trinajstić information content (AvgIpc) is 3.14. The third kappa shape index (κ3) is 3.73. The smallest absolute Gasteiger partial charge is 0.295 e. The van der Waals surface area contributed by atoms with Gasteiger partial charge >= 0.3 is 6.55 Å². The molecule has 7 nitrogen and oxygen atoms in total. The number of hydrogen-bond acceptors (Lipinski definition) is 6. The molecule has 0 amide bonds. The number of aromatic nitrogens is 3. The third-order valence-electron chi connectivity index (χ3n) is 4.19. The van der Waals surface area contributed by atoms with Gasteiger partial charge in [-0.05, 0) is 13.8 Å². The van der Waals surface area contributed by atoms with Crippen molar-refractivity contribution in [2.45, 2.75) is 31.8 Å². The van der Waals surface area contributed by atoms with Crippen LogP contribution in [0.15, 0.2) is 16.5 Å². The van der Waals surface area contributed by atoms with Crippen LogP contribution in [0.2, 0.25) is 0 Å². The average molecular weight is 391 g/mol. The standard InChI is InChI=1S/C14H19F2N5O2S2/c1-10-13(7-17-21(10)14(15)16)25(22,23)20-5-3-19(4-6-20)8-12-9-24-11(2)18-12/h7,9,14H,3-6,8H2,1-2H3. The van der Waals surface area contributed by atoms with Gasteiger partial charge in [0, 0.05) is 38.1 Å². The van der Waals surface area contributed by atoms with Gasteiger partial charge in [0.25, 0.3) is 0 Å². The van der Waals surface area contributed by atoms with E-state index in [-0.39, 0.29) is 10.6 Å². The van der Waals surface area contributed by atoms with Gasteiger partial charge in [-0.15, -0.1) is 11.3 Å². The summed E-state index contributed by atoms with van der Waals surface area (Å²) in [6, 6.07) is 0. The van der Waals surface area contributed by atoms with Crippen molar-refractivity contribution in [1.82, 2.24) is 24.0 Å². The van der Waals surface area contributed by atoms with E-state index in [2.05, 4.69) is 15.0 Å². The lowest BCUT2D eigenvalue weighted by molar-refractivity contribution is 0.0541. The van der Waals surface area contributed by atoms with Gasteiger partial charge in [0.15, 0.2) is 0 Å². The molecule has 11 heteroatoms. The van der Waals surface area contributed by atoms with Crippen LogP contribution >= 0.6 is 11.3 Å². The Hall–Kier alpha value is -1.43. The molecule has 2 aromatic rings. The van der Waals surface area contributed by atoms with Crippen molar-refractivity contribution < 1.29 is 17.2 Å². The van der Waals surface area contributed by atoms with E-state index in [1.807, 2.05) is 12.3 Å². The molecule has 0 unspecified atom stereocenters. The lowest BCUT2D eigenvalue weighted by Gasteiger charge is -2.33. The van der Waals surface area contributed by atoms with E-state index < -0.39 is 16.6 Å². The van der Waals surface area contributed by atoms with Gasteiger partial charge in [0.2, 0.25) is 10.0 Å². The first-order valence-electron chi connectivity index (χ1n) is 7.75. The fraction of sp³-hybridized carbons (Fsp3) is 0.571. The quantitative estimate of drug-likeness (QED) is 0.778. The molecule has 0 radical (unpaired) electrons. The van der Waals surface area contributed by atoms with Crippen LogP contribution < -0.4 is 0 Å². The van der Waals surface area contributed by atoms with E-state index in [0.29, 0.717) is 37.4 Å². The van der Waals surface area contributed by atoms with E-state index >= 15 is 0 Å². The first kappa shape index (κ1) is 18.4. The minimum atomic E-state index is -3.82. The normalized spacial score (nSPS) is 17.5. The summed E-state index contributed by atoms with van der Waals surface area (Å²) in [6.07, 6.45) is 1.00. The number of halogens is 2. The van der Waals surface area contributed by atoms with Crippen LogP contribution in [0.3, 0.4) is 0 Å². The largest absolute Gasteiger partial charge is 0.333 e. The maximum atomic E-state index is 12.8. The minimum absolute atomic E-state index is 0.0459. The Kier molecular flexibility index (Phi) is 5.19. The molecule has 1 fully saturated rings. The van der Waals surface area contributed by atoms with Crippen LogP contribution in [0.25, 0.3) is 0 Å². The maximum absolute atomic E-state index is 12.8. The van der Waals surface area contributed by atoms with E-state index in [9.17, 15) is 17.2 Å². The van der Waals surface area contributed by atoms with Crippen molar-refractivity contribution in [1.29, 1.82) is 0 Å². The Morgan fingerprint density at radius 3 is 2.44 bits per heavy atom. The summed E-state index contributed by atoms with van der Waals surface area (Å²) in [6.45, 7) is 2.86. The van der Waals surface area contributed by atoms with E-state index in [1.54, 1.807) is 11.3 Å². The predicted molar refractivity (Wildman–Crippen MR) is 89.1 cm³/mol. The summed E-state index contributed by atoms with van der Waals surface area (Å²) in [5.41, 5.74) is 0.934. The van der Waals surface area contributed by atoms with Crippen LogP contribution in [0.1, 0.15) is 22.9 Å². The molecule has 0 N–H and O–H groups in total. The zero-order valence-electron chi connectivity index (χ0n) is 13.9. The van der Waals surface area contributed by atoms with Crippen molar-refractivity contribution in [3.8, 4) is 0 Å². The summed E-state index contributed by atoms with van der Waals surface area (Å²) >= 11 is 1.59. The lowest BCUT2D eigenvalue weighted by Crippen LogP contribution is -2.48. The fourth-order valence-electron chi connectivity index (χ4n) is 2.83. The second kappa shape index (κ2) is 7.06. The van der Waals surface area contributed by atoms with Crippen LogP contribution in [0.4, 0.5) is 8.78 Å². The van der Waals surface area contributed by atoms with Gasteiger partial charge in [0.05, 0.1) is 22.6 Å². The summed E-state index contributed by atoms with van der Waals surface area (Å²) < 4.78 is 52.8. The molecule has 0 bridgehead atoms. The van der Waals surface area contributed by atoms with Crippen molar-refractivity contribution in [3.05, 3.63) is 28.0 Å². The Morgan fingerprint density at radius 1 is 1.24 bits per heavy atom. The maximum Gasteiger partial charge on any atom is 0.333 e. The fourth-order valence-corrected chi connectivity index (χ4v) is 5.01. The van der Waals surface area contributed by atoms with Crippen LogP contribution in [-0.4, -0.2) is 58.6 Å². The molecular weight excluding hydrogens is 372 g/mol. The monoisotopic (exact) mass is 391 g/mol. The molecule has 3 heterocycles. The molecule has 0 spiro atoms. The summed E-state index contributed by atoms with van der Waals surface area (Å²) in [5, 5.41) is 6.50. The molecule has 2 aromatic heterocycles. The van der Waals surface area contributed by atoms with Crippen molar-refractivity contribution in [2.24, 2.45) is 0 Å². The number of sulfonamides is 1. The molecule has 1 aliphatic heterocycles. The molecule has 25 heavy (non-hydrogen) atoms. The predicted octanol–water partition coefficient (Wildman–Crippen LogP) is 1.86. The van der Waals surface area contributed by atoms with Crippen LogP contribution in [0, 0.1) is 13.8 Å². The van der Waals surface area contributed by atoms with Crippen molar-refractivity contribution >= 4 is 21.4 Å². The number of nitrogens with zero attached hydrogens (tertiary/aromatic N) is 5. The molecule has 0 atom stereocenters. The lowest BCUT2D eigenvalue weighted by atomic mass is 10.3. The molecule has 1 aliphatic rings. The van der Waals surface area contributed by atoms with Gasteiger partial charge < -0.3 is 0 Å². The zero-order valence-corrected chi connectivity index (χ0v) is 15.5. The van der Waals surface area contributed by atoms with Crippen LogP contribution in [0.5, 0.6) is 0 Å². The summed E-state index contributed by atoms with van der Waals surface area (Å²) in [5.74, 6) is 0. The molecule has 0 saturated carbocycles. The number of thiazole rings is 1. The second-order valence-electron chi connectivity index (χ2n) is 5.85. The van der Waals surface area contributed by atoms with E-state index in [0.717, 1.165) is 16.9 Å². The molecule has 1 saturated heterocycles. The summed E-state index contributed by atoms with van der Waals surface area (Å²) in [7, 11) is -3.82. The topological polar surface area (TPSA) is 71.3 Å². The Bertz CT molecular complexity index is 841. The molecule has 3 rings (SSSR count). The van der Waals surface area contributed by atoms with Gasteiger partial charge in [-0.2, -0.15) is 18.2 Å². The van der Waals surface area contributed by atoms with E-state index in [4.69, 9.17) is 0 Å². The highest BCUT2D eigenvalue weighted by atomic mass is 32.2. The number of hydrogen-bond donors (Lipinski definition) is 0. The first-order chi connectivity index (χ1) is 11.8. The van der Waals surface area contributed by atoms with Gasteiger partial charge in [0.1, 0.15) is 4.90 Å². The Morgan fingerprint density at radius 2 is 1.92 bits per heavy atom. The highest BCUT2D eigenvalue weighted by Gasteiger charge is 2.32. The van der Waals surface area contributed by atoms with Crippen LogP contribution in [-0.2, 0) is 16.6 Å². The SMILES string of the molecule is Cc1nc(CN2CCN(S(=O)(=O)c3cnn(C(F)F)c3C)CC2)cs1. The van der Waals surface area contributed by atoms with Crippen molar-refractivity contribution in [2.75, 3.05) is 26.2 Å². The minimum Gasteiger partial charge on any atom is -0.295 e. The number of aryl methyl sites for hydroxylation is 1. The molecule has 0 aliphatic carbocycles. The van der Waals surface area contributed by atoms with Gasteiger partial charge in [-0.25, -0.2) is 18.1 Å². The first-order valence-corrected chi connectivity index (χ1v) is 10.1. The zero-order chi connectivity index (χ0) is 18.2. The highest BCUT2D eigenvalue weighted by Crippen LogP contribution is 2.24.